The van der Waals surface area contributed by atoms with Crippen molar-refractivity contribution in [2.24, 2.45) is 0 Å². The zero-order chi connectivity index (χ0) is 22.7. The minimum absolute atomic E-state index is 0.0317. The average Bonchev–Trinajstić information content (AvgIpc) is 3.29. The number of para-hydroxylation sites is 1. The molecule has 8 heteroatoms. The first-order valence-corrected chi connectivity index (χ1v) is 10.0. The molecule has 0 unspecified atom stereocenters. The number of nitrogens with zero attached hydrogens (tertiary/aromatic N) is 2. The summed E-state index contributed by atoms with van der Waals surface area (Å²) in [5.74, 6) is -0.216. The van der Waals surface area contributed by atoms with Crippen molar-refractivity contribution in [1.82, 2.24) is 9.80 Å². The molecule has 1 amide bonds. The fraction of sp³-hybridized carbons (Fsp3) is 0.391. The maximum atomic E-state index is 13.3. The van der Waals surface area contributed by atoms with Gasteiger partial charge < -0.3 is 28.8 Å². The van der Waals surface area contributed by atoms with E-state index in [9.17, 15) is 14.7 Å². The molecular weight excluding hydrogens is 400 g/mol. The molecule has 1 aromatic heterocycles. The van der Waals surface area contributed by atoms with E-state index >= 15 is 0 Å². The van der Waals surface area contributed by atoms with Gasteiger partial charge in [-0.2, -0.15) is 0 Å². The van der Waals surface area contributed by atoms with Crippen molar-refractivity contribution in [2.45, 2.75) is 19.4 Å². The lowest BCUT2D eigenvalue weighted by atomic mass is 9.94. The summed E-state index contributed by atoms with van der Waals surface area (Å²) in [4.78, 5) is 29.8. The zero-order valence-corrected chi connectivity index (χ0v) is 18.5. The van der Waals surface area contributed by atoms with Crippen molar-refractivity contribution in [2.75, 3.05) is 41.4 Å². The second-order valence-corrected chi connectivity index (χ2v) is 7.64. The van der Waals surface area contributed by atoms with Gasteiger partial charge in [0.05, 0.1) is 25.8 Å². The molecule has 166 valence electrons. The summed E-state index contributed by atoms with van der Waals surface area (Å²) < 4.78 is 16.5. The highest BCUT2D eigenvalue weighted by Crippen LogP contribution is 2.45. The Hall–Kier alpha value is -3.26. The molecule has 3 rings (SSSR count). The van der Waals surface area contributed by atoms with Crippen LogP contribution in [0.2, 0.25) is 0 Å². The largest absolute Gasteiger partial charge is 0.503 e. The lowest BCUT2D eigenvalue weighted by Crippen LogP contribution is -2.33. The number of hydrogen-bond donors (Lipinski definition) is 1. The molecule has 2 heterocycles. The Balaban J connectivity index is 2.11. The Morgan fingerprint density at radius 3 is 2.52 bits per heavy atom. The number of carbonyl (C=O) groups excluding carboxylic acids is 2. The molecule has 0 spiro atoms. The number of hydrogen-bond acceptors (Lipinski definition) is 7. The molecule has 1 atom stereocenters. The van der Waals surface area contributed by atoms with E-state index in [1.54, 1.807) is 31.2 Å². The van der Waals surface area contributed by atoms with Crippen LogP contribution in [0.15, 0.2) is 46.1 Å². The second-order valence-electron chi connectivity index (χ2n) is 7.64. The van der Waals surface area contributed by atoms with Gasteiger partial charge in [0.2, 0.25) is 5.78 Å². The average molecular weight is 428 g/mol. The van der Waals surface area contributed by atoms with Crippen LogP contribution < -0.4 is 9.47 Å². The number of furan rings is 1. The predicted octanol–water partition coefficient (Wildman–Crippen LogP) is 3.14. The number of amides is 1. The molecule has 2 aromatic rings. The number of methoxy groups -OCH3 is 2. The van der Waals surface area contributed by atoms with E-state index in [0.717, 1.165) is 6.54 Å². The molecule has 0 saturated heterocycles. The smallest absolute Gasteiger partial charge is 0.290 e. The van der Waals surface area contributed by atoms with Crippen LogP contribution >= 0.6 is 0 Å². The Morgan fingerprint density at radius 1 is 1.19 bits per heavy atom. The van der Waals surface area contributed by atoms with Crippen LogP contribution in [0.1, 0.15) is 34.3 Å². The summed E-state index contributed by atoms with van der Waals surface area (Å²) in [6, 6.07) is 7.62. The number of aliphatic hydroxyl groups excluding tert-OH is 1. The van der Waals surface area contributed by atoms with Gasteiger partial charge in [-0.1, -0.05) is 12.1 Å². The number of ether oxygens (including phenoxy) is 2. The van der Waals surface area contributed by atoms with E-state index in [1.165, 1.54) is 25.2 Å². The third-order valence-electron chi connectivity index (χ3n) is 5.24. The van der Waals surface area contributed by atoms with Gasteiger partial charge in [0, 0.05) is 12.1 Å². The first-order valence-electron chi connectivity index (χ1n) is 10.0. The number of aryl methyl sites for hydroxylation is 1. The molecule has 1 aromatic carbocycles. The summed E-state index contributed by atoms with van der Waals surface area (Å²) in [5, 5.41) is 10.7. The number of rotatable bonds is 9. The van der Waals surface area contributed by atoms with Crippen molar-refractivity contribution >= 4 is 11.7 Å². The van der Waals surface area contributed by atoms with Crippen LogP contribution in [0.4, 0.5) is 0 Å². The zero-order valence-electron chi connectivity index (χ0n) is 18.5. The number of carbonyl (C=O) groups is 2. The predicted molar refractivity (Wildman–Crippen MR) is 115 cm³/mol. The van der Waals surface area contributed by atoms with Crippen molar-refractivity contribution in [3.63, 3.8) is 0 Å². The van der Waals surface area contributed by atoms with Crippen LogP contribution in [-0.2, 0) is 4.79 Å². The van der Waals surface area contributed by atoms with Crippen molar-refractivity contribution in [3.8, 4) is 11.5 Å². The Kier molecular flexibility index (Phi) is 6.70. The molecule has 1 N–H and O–H groups in total. The first-order chi connectivity index (χ1) is 14.8. The second kappa shape index (κ2) is 9.26. The molecule has 0 aliphatic carbocycles. The Labute approximate surface area is 181 Å². The van der Waals surface area contributed by atoms with Crippen LogP contribution in [0.5, 0.6) is 11.5 Å². The van der Waals surface area contributed by atoms with E-state index in [2.05, 4.69) is 0 Å². The molecule has 0 fully saturated rings. The van der Waals surface area contributed by atoms with Gasteiger partial charge >= 0.3 is 0 Å². The van der Waals surface area contributed by atoms with Crippen LogP contribution in [0.3, 0.4) is 0 Å². The van der Waals surface area contributed by atoms with E-state index in [0.29, 0.717) is 35.8 Å². The SMILES string of the molecule is COc1cccc([C@H]2C(C(=O)c3ccc(C)o3)=C(O)C(=O)N2CCCN(C)C)c1OC. The highest BCUT2D eigenvalue weighted by Gasteiger charge is 2.45. The van der Waals surface area contributed by atoms with E-state index in [1.807, 2.05) is 19.0 Å². The highest BCUT2D eigenvalue weighted by molar-refractivity contribution is 6.15. The fourth-order valence-electron chi connectivity index (χ4n) is 3.81. The third-order valence-corrected chi connectivity index (χ3v) is 5.24. The summed E-state index contributed by atoms with van der Waals surface area (Å²) in [6.45, 7) is 2.81. The number of Topliss-reactive ketones (excluding diaryl/α,β-unsaturated/α-hetero) is 1. The van der Waals surface area contributed by atoms with Gasteiger partial charge in [-0.05, 0) is 52.2 Å². The van der Waals surface area contributed by atoms with Crippen LogP contribution in [0, 0.1) is 6.92 Å². The van der Waals surface area contributed by atoms with Crippen molar-refractivity contribution < 1.29 is 28.6 Å². The van der Waals surface area contributed by atoms with E-state index < -0.39 is 23.5 Å². The van der Waals surface area contributed by atoms with Gasteiger partial charge in [-0.25, -0.2) is 0 Å². The fourth-order valence-corrected chi connectivity index (χ4v) is 3.81. The molecular formula is C23H28N2O6. The van der Waals surface area contributed by atoms with Gasteiger partial charge in [-0.15, -0.1) is 0 Å². The minimum atomic E-state index is -0.836. The summed E-state index contributed by atoms with van der Waals surface area (Å²) in [7, 11) is 6.90. The monoisotopic (exact) mass is 428 g/mol. The molecule has 1 aliphatic rings. The molecule has 0 saturated carbocycles. The first kappa shape index (κ1) is 22.4. The number of benzene rings is 1. The minimum Gasteiger partial charge on any atom is -0.503 e. The topological polar surface area (TPSA) is 92.5 Å². The lowest BCUT2D eigenvalue weighted by Gasteiger charge is -2.28. The third kappa shape index (κ3) is 4.29. The lowest BCUT2D eigenvalue weighted by molar-refractivity contribution is -0.129. The normalized spacial score (nSPS) is 16.4. The van der Waals surface area contributed by atoms with E-state index in [4.69, 9.17) is 13.9 Å². The summed E-state index contributed by atoms with van der Waals surface area (Å²) >= 11 is 0. The Bertz CT molecular complexity index is 1010. The molecule has 0 bridgehead atoms. The molecule has 0 radical (unpaired) electrons. The number of aliphatic hydroxyl groups is 1. The highest BCUT2D eigenvalue weighted by atomic mass is 16.5. The van der Waals surface area contributed by atoms with Gasteiger partial charge in [-0.3, -0.25) is 9.59 Å². The summed E-state index contributed by atoms with van der Waals surface area (Å²) in [5.41, 5.74) is 0.520. The maximum absolute atomic E-state index is 13.3. The molecule has 1 aliphatic heterocycles. The quantitative estimate of drug-likeness (QED) is 0.614. The van der Waals surface area contributed by atoms with Crippen molar-refractivity contribution in [1.29, 1.82) is 0 Å². The van der Waals surface area contributed by atoms with Gasteiger partial charge in [0.1, 0.15) is 5.76 Å². The van der Waals surface area contributed by atoms with Gasteiger partial charge in [0.25, 0.3) is 5.91 Å². The molecule has 8 nitrogen and oxygen atoms in total. The maximum Gasteiger partial charge on any atom is 0.290 e. The standard InChI is InChI=1S/C23H28N2O6/c1-14-10-11-16(31-14)20(26)18-19(15-8-6-9-17(29-4)22(15)30-5)25(23(28)21(18)27)13-7-12-24(2)3/h6,8-11,19,27H,7,12-13H2,1-5H3/t19-/m0/s1. The Morgan fingerprint density at radius 2 is 1.94 bits per heavy atom. The van der Waals surface area contributed by atoms with Crippen LogP contribution in [-0.4, -0.2) is 68.0 Å². The van der Waals surface area contributed by atoms with Crippen molar-refractivity contribution in [3.05, 3.63) is 58.7 Å². The van der Waals surface area contributed by atoms with E-state index in [-0.39, 0.29) is 11.3 Å². The van der Waals surface area contributed by atoms with Gasteiger partial charge in [0.15, 0.2) is 23.0 Å². The number of ketones is 1. The van der Waals surface area contributed by atoms with Crippen LogP contribution in [0.25, 0.3) is 0 Å². The summed E-state index contributed by atoms with van der Waals surface area (Å²) in [6.07, 6.45) is 0.663. The molecule has 31 heavy (non-hydrogen) atoms.